The molecule has 1 unspecified atom stereocenters. The van der Waals surface area contributed by atoms with E-state index in [2.05, 4.69) is 42.9 Å². The maximum absolute atomic E-state index is 10.7. The van der Waals surface area contributed by atoms with Gasteiger partial charge in [-0.15, -0.1) is 0 Å². The molecule has 270 valence electrons. The second kappa shape index (κ2) is 17.5. The van der Waals surface area contributed by atoms with Gasteiger partial charge in [-0.25, -0.2) is 16.8 Å². The third-order valence-electron chi connectivity index (χ3n) is 7.37. The highest BCUT2D eigenvalue weighted by Gasteiger charge is 2.37. The molecule has 0 fully saturated rings. The van der Waals surface area contributed by atoms with Crippen molar-refractivity contribution in [2.45, 2.75) is 62.5 Å². The van der Waals surface area contributed by atoms with E-state index in [1.165, 1.54) is 62.0 Å². The number of unbranched alkanes of at least 4 members (excludes halogenated alkanes) is 4. The lowest BCUT2D eigenvalue weighted by molar-refractivity contribution is -0.924. The smallest absolute Gasteiger partial charge is 0.485 e. The molecule has 0 radical (unpaired) electrons. The highest BCUT2D eigenvalue weighted by molar-refractivity contribution is 7.86. The zero-order valence-electron chi connectivity index (χ0n) is 26.6. The first-order valence-electron chi connectivity index (χ1n) is 14.1. The second-order valence-electron chi connectivity index (χ2n) is 10.9. The predicted molar refractivity (Wildman–Crippen MR) is 155 cm³/mol. The largest absolute Gasteiger partial charge is 0.741 e. The van der Waals surface area contributed by atoms with E-state index in [0.29, 0.717) is 0 Å². The highest BCUT2D eigenvalue weighted by Crippen LogP contribution is 2.35. The number of aryl methyl sites for hydroxylation is 1. The van der Waals surface area contributed by atoms with E-state index in [1.54, 1.807) is 21.3 Å². The number of hydrogen-bond donors (Lipinski definition) is 0. The number of pyridine rings is 1. The standard InChI is InChI=1S/C26H40N2O3.2CHF3O3S/c1-27-23(13-11-14-26(27)31-5)12-9-7-6-8-10-16-28(2)17-15-21-18-24(29-3)25(30-4)19-22(21)20-28;2*2-1(3,4)8(5,6)7/h11,13-14,18-19H,6-10,12,15-17,20H2,1-5H3;2*(H,5,6,7)/q+2;;/p-2. The van der Waals surface area contributed by atoms with Gasteiger partial charge >= 0.3 is 16.9 Å². The Hall–Kier alpha value is -2.87. The van der Waals surface area contributed by atoms with E-state index in [9.17, 15) is 26.3 Å². The summed E-state index contributed by atoms with van der Waals surface area (Å²) in [5.41, 5.74) is -7.12. The molecule has 3 rings (SSSR count). The molecular weight excluding hydrogens is 686 g/mol. The van der Waals surface area contributed by atoms with Crippen molar-refractivity contribution in [3.05, 3.63) is 47.2 Å². The van der Waals surface area contributed by atoms with E-state index in [1.807, 2.05) is 6.07 Å². The number of likely N-dealkylation sites (N-methyl/N-ethyl adjacent to an activating group) is 1. The van der Waals surface area contributed by atoms with E-state index < -0.39 is 31.3 Å². The van der Waals surface area contributed by atoms with Gasteiger partial charge in [-0.2, -0.15) is 30.9 Å². The summed E-state index contributed by atoms with van der Waals surface area (Å²) < 4.78 is 137. The molecule has 0 bridgehead atoms. The summed E-state index contributed by atoms with van der Waals surface area (Å²) in [7, 11) is -2.53. The van der Waals surface area contributed by atoms with Crippen LogP contribution in [0.25, 0.3) is 0 Å². The quantitative estimate of drug-likeness (QED) is 0.0825. The Morgan fingerprint density at radius 1 is 0.787 bits per heavy atom. The Morgan fingerprint density at radius 2 is 1.26 bits per heavy atom. The van der Waals surface area contributed by atoms with E-state index in [0.717, 1.165) is 41.2 Å². The van der Waals surface area contributed by atoms with Crippen LogP contribution in [0, 0.1) is 0 Å². The monoisotopic (exact) mass is 726 g/mol. The first-order valence-corrected chi connectivity index (χ1v) is 16.9. The van der Waals surface area contributed by atoms with Gasteiger partial charge in [0.05, 0.1) is 47.5 Å². The molecule has 0 N–H and O–H groups in total. The van der Waals surface area contributed by atoms with Crippen LogP contribution in [0.2, 0.25) is 0 Å². The van der Waals surface area contributed by atoms with Crippen LogP contribution < -0.4 is 18.8 Å². The summed E-state index contributed by atoms with van der Waals surface area (Å²) in [6, 6.07) is 10.6. The zero-order valence-corrected chi connectivity index (χ0v) is 28.2. The third-order valence-corrected chi connectivity index (χ3v) is 8.51. The van der Waals surface area contributed by atoms with Crippen LogP contribution in [-0.2, 0) is 46.7 Å². The Morgan fingerprint density at radius 3 is 1.72 bits per heavy atom. The number of ether oxygens (including phenoxy) is 3. The van der Waals surface area contributed by atoms with Crippen LogP contribution in [0.15, 0.2) is 30.3 Å². The van der Waals surface area contributed by atoms with E-state index in [-0.39, 0.29) is 0 Å². The minimum absolute atomic E-state index is 0.846. The van der Waals surface area contributed by atoms with Crippen LogP contribution in [-0.4, -0.2) is 82.9 Å². The van der Waals surface area contributed by atoms with Gasteiger partial charge < -0.3 is 27.8 Å². The lowest BCUT2D eigenvalue weighted by atomic mass is 9.96. The number of benzene rings is 1. The molecular formula is C28H40F6N2O9S2. The molecule has 1 atom stereocenters. The van der Waals surface area contributed by atoms with Gasteiger partial charge in [-0.1, -0.05) is 12.8 Å². The SMILES string of the molecule is COc1cc2c(cc1OC)C[N+](C)(CCCCCCCc1cccc(OC)[n+]1C)CC2.O=S(=O)([O-])C(F)(F)F.O=S(=O)([O-])C(F)(F)F. The molecule has 0 spiro atoms. The highest BCUT2D eigenvalue weighted by atomic mass is 32.2. The summed E-state index contributed by atoms with van der Waals surface area (Å²) in [5.74, 6) is 2.62. The van der Waals surface area contributed by atoms with Crippen molar-refractivity contribution in [2.75, 3.05) is 41.5 Å². The molecule has 0 saturated carbocycles. The summed E-state index contributed by atoms with van der Waals surface area (Å²) in [4.78, 5) is 0. The number of quaternary nitrogens is 1. The number of methoxy groups -OCH3 is 3. The fraction of sp³-hybridized carbons (Fsp3) is 0.607. The van der Waals surface area contributed by atoms with Gasteiger partial charge in [0.25, 0.3) is 0 Å². The molecule has 47 heavy (non-hydrogen) atoms. The number of fused-ring (bicyclic) bond motifs is 1. The summed E-state index contributed by atoms with van der Waals surface area (Å²) in [6.07, 6.45) is 8.69. The van der Waals surface area contributed by atoms with Crippen molar-refractivity contribution in [1.82, 2.24) is 0 Å². The topological polar surface area (TPSA) is 146 Å². The zero-order chi connectivity index (χ0) is 36.3. The Bertz CT molecular complexity index is 1480. The second-order valence-corrected chi connectivity index (χ2v) is 13.6. The number of aromatic nitrogens is 1. The summed E-state index contributed by atoms with van der Waals surface area (Å²) in [5, 5.41) is 0. The summed E-state index contributed by atoms with van der Waals surface area (Å²) >= 11 is 0. The Kier molecular flexibility index (Phi) is 15.7. The maximum Gasteiger partial charge on any atom is 0.485 e. The first kappa shape index (κ1) is 42.2. The van der Waals surface area contributed by atoms with Gasteiger partial charge in [0, 0.05) is 24.5 Å². The van der Waals surface area contributed by atoms with E-state index in [4.69, 9.17) is 40.2 Å². The third kappa shape index (κ3) is 13.6. The number of hydrogen-bond acceptors (Lipinski definition) is 9. The number of nitrogens with zero attached hydrogens (tertiary/aromatic N) is 2. The average Bonchev–Trinajstić information content (AvgIpc) is 2.95. The minimum Gasteiger partial charge on any atom is -0.741 e. The summed E-state index contributed by atoms with van der Waals surface area (Å²) in [6.45, 7) is 3.54. The lowest BCUT2D eigenvalue weighted by Gasteiger charge is -2.39. The molecule has 1 aromatic carbocycles. The average molecular weight is 727 g/mol. The fourth-order valence-electron chi connectivity index (χ4n) is 4.81. The van der Waals surface area contributed by atoms with Crippen molar-refractivity contribution in [3.63, 3.8) is 0 Å². The van der Waals surface area contributed by atoms with Gasteiger partial charge in [0.1, 0.15) is 13.6 Å². The number of halogens is 6. The van der Waals surface area contributed by atoms with E-state index >= 15 is 0 Å². The maximum atomic E-state index is 10.7. The molecule has 2 heterocycles. The molecule has 0 aliphatic carbocycles. The van der Waals surface area contributed by atoms with Crippen molar-refractivity contribution >= 4 is 20.2 Å². The van der Waals surface area contributed by atoms with Crippen LogP contribution in [0.1, 0.15) is 48.9 Å². The predicted octanol–water partition coefficient (Wildman–Crippen LogP) is 4.34. The number of alkyl halides is 6. The first-order chi connectivity index (χ1) is 21.5. The number of rotatable bonds is 11. The van der Waals surface area contributed by atoms with Crippen molar-refractivity contribution in [2.24, 2.45) is 7.05 Å². The minimum atomic E-state index is -6.09. The molecule has 1 aromatic heterocycles. The van der Waals surface area contributed by atoms with Crippen LogP contribution in [0.3, 0.4) is 0 Å². The van der Waals surface area contributed by atoms with Crippen molar-refractivity contribution < 1.29 is 75.5 Å². The molecule has 1 aliphatic heterocycles. The Labute approximate surface area is 271 Å². The molecule has 1 aliphatic rings. The van der Waals surface area contributed by atoms with Gasteiger partial charge in [-0.05, 0) is 43.0 Å². The molecule has 11 nitrogen and oxygen atoms in total. The Balaban J connectivity index is 0.000000569. The lowest BCUT2D eigenvalue weighted by Crippen LogP contribution is -2.48. The fourth-order valence-corrected chi connectivity index (χ4v) is 4.81. The van der Waals surface area contributed by atoms with Gasteiger partial charge in [0.2, 0.25) is 0 Å². The van der Waals surface area contributed by atoms with Crippen LogP contribution >= 0.6 is 0 Å². The molecule has 2 aromatic rings. The normalized spacial score (nSPS) is 16.5. The van der Waals surface area contributed by atoms with Gasteiger partial charge in [-0.3, -0.25) is 0 Å². The molecule has 0 saturated heterocycles. The van der Waals surface area contributed by atoms with Crippen LogP contribution in [0.4, 0.5) is 26.3 Å². The van der Waals surface area contributed by atoms with Gasteiger partial charge in [0.15, 0.2) is 37.4 Å². The molecule has 0 amide bonds. The van der Waals surface area contributed by atoms with Crippen molar-refractivity contribution in [1.29, 1.82) is 0 Å². The molecule has 19 heteroatoms. The van der Waals surface area contributed by atoms with Crippen LogP contribution in [0.5, 0.6) is 17.4 Å². The van der Waals surface area contributed by atoms with Crippen molar-refractivity contribution in [3.8, 4) is 17.4 Å².